The fourth-order valence-electron chi connectivity index (χ4n) is 2.49. The quantitative estimate of drug-likeness (QED) is 0.918. The molecule has 1 fully saturated rings. The first kappa shape index (κ1) is 13.2. The Bertz CT molecular complexity index is 580. The number of pyridine rings is 1. The molecule has 3 rings (SSSR count). The van der Waals surface area contributed by atoms with Crippen LogP contribution in [0.15, 0.2) is 47.1 Å². The lowest BCUT2D eigenvalue weighted by atomic mass is 10.2. The molecule has 2 N–H and O–H groups in total. The standard InChI is InChI=1S/C15H17BrN4/c16-14-10-12(17)11-18-15(14)20-8-6-19(7-9-20)13-4-2-1-3-5-13/h1-5,10-11H,6-9,17H2. The van der Waals surface area contributed by atoms with E-state index in [9.17, 15) is 0 Å². The summed E-state index contributed by atoms with van der Waals surface area (Å²) in [6.07, 6.45) is 1.71. The Hall–Kier alpha value is -1.75. The van der Waals surface area contributed by atoms with E-state index >= 15 is 0 Å². The van der Waals surface area contributed by atoms with Crippen LogP contribution in [0.3, 0.4) is 0 Å². The van der Waals surface area contributed by atoms with Crippen LogP contribution in [0, 0.1) is 0 Å². The molecule has 1 aromatic heterocycles. The van der Waals surface area contributed by atoms with E-state index in [-0.39, 0.29) is 0 Å². The highest BCUT2D eigenvalue weighted by molar-refractivity contribution is 9.10. The van der Waals surface area contributed by atoms with Crippen molar-refractivity contribution in [1.29, 1.82) is 0 Å². The van der Waals surface area contributed by atoms with Gasteiger partial charge in [0.2, 0.25) is 0 Å². The van der Waals surface area contributed by atoms with Crippen molar-refractivity contribution >= 4 is 33.1 Å². The summed E-state index contributed by atoms with van der Waals surface area (Å²) in [6, 6.07) is 12.4. The van der Waals surface area contributed by atoms with Crippen LogP contribution in [0.5, 0.6) is 0 Å². The van der Waals surface area contributed by atoms with Crippen molar-refractivity contribution in [2.75, 3.05) is 41.7 Å². The first-order valence-electron chi connectivity index (χ1n) is 6.70. The van der Waals surface area contributed by atoms with Crippen LogP contribution in [-0.4, -0.2) is 31.2 Å². The number of para-hydroxylation sites is 1. The van der Waals surface area contributed by atoms with Crippen LogP contribution in [0.1, 0.15) is 0 Å². The molecule has 20 heavy (non-hydrogen) atoms. The zero-order valence-corrected chi connectivity index (χ0v) is 12.8. The predicted molar refractivity (Wildman–Crippen MR) is 87.2 cm³/mol. The van der Waals surface area contributed by atoms with Gasteiger partial charge >= 0.3 is 0 Å². The largest absolute Gasteiger partial charge is 0.397 e. The highest BCUT2D eigenvalue weighted by atomic mass is 79.9. The van der Waals surface area contributed by atoms with Gasteiger partial charge in [0, 0.05) is 31.9 Å². The maximum absolute atomic E-state index is 5.74. The zero-order valence-electron chi connectivity index (χ0n) is 11.2. The molecule has 2 aromatic rings. The number of piperazine rings is 1. The Morgan fingerprint density at radius 1 is 1.00 bits per heavy atom. The fourth-order valence-corrected chi connectivity index (χ4v) is 3.11. The molecule has 1 aromatic carbocycles. The number of hydrogen-bond acceptors (Lipinski definition) is 4. The first-order chi connectivity index (χ1) is 9.74. The highest BCUT2D eigenvalue weighted by Crippen LogP contribution is 2.27. The molecular formula is C15H17BrN4. The van der Waals surface area contributed by atoms with Crippen molar-refractivity contribution in [3.8, 4) is 0 Å². The monoisotopic (exact) mass is 332 g/mol. The van der Waals surface area contributed by atoms with Gasteiger partial charge in [-0.2, -0.15) is 0 Å². The lowest BCUT2D eigenvalue weighted by Gasteiger charge is -2.37. The Labute approximate surface area is 127 Å². The van der Waals surface area contributed by atoms with Gasteiger partial charge in [-0.3, -0.25) is 0 Å². The zero-order chi connectivity index (χ0) is 13.9. The second-order valence-electron chi connectivity index (χ2n) is 4.88. The van der Waals surface area contributed by atoms with Gasteiger partial charge in [0.05, 0.1) is 16.4 Å². The summed E-state index contributed by atoms with van der Waals surface area (Å²) in [5, 5.41) is 0. The lowest BCUT2D eigenvalue weighted by molar-refractivity contribution is 0.646. The normalized spacial score (nSPS) is 15.4. The minimum atomic E-state index is 0.684. The van der Waals surface area contributed by atoms with Crippen LogP contribution >= 0.6 is 15.9 Å². The third-order valence-corrected chi connectivity index (χ3v) is 4.13. The average Bonchev–Trinajstić information content (AvgIpc) is 2.48. The molecule has 2 heterocycles. The summed E-state index contributed by atoms with van der Waals surface area (Å²) in [6.45, 7) is 3.93. The molecule has 0 unspecified atom stereocenters. The summed E-state index contributed by atoms with van der Waals surface area (Å²) >= 11 is 3.54. The molecule has 0 spiro atoms. The average molecular weight is 333 g/mol. The van der Waals surface area contributed by atoms with Crippen LogP contribution in [0.2, 0.25) is 0 Å². The molecule has 104 valence electrons. The van der Waals surface area contributed by atoms with Gasteiger partial charge in [0.1, 0.15) is 5.82 Å². The molecule has 1 saturated heterocycles. The third kappa shape index (κ3) is 2.72. The third-order valence-electron chi connectivity index (χ3n) is 3.54. The molecule has 1 aliphatic rings. The summed E-state index contributed by atoms with van der Waals surface area (Å²) in [4.78, 5) is 9.13. The summed E-state index contributed by atoms with van der Waals surface area (Å²) < 4.78 is 0.964. The van der Waals surface area contributed by atoms with E-state index in [1.54, 1.807) is 6.20 Å². The SMILES string of the molecule is Nc1cnc(N2CCN(c3ccccc3)CC2)c(Br)c1. The molecule has 0 aliphatic carbocycles. The van der Waals surface area contributed by atoms with Gasteiger partial charge in [0.15, 0.2) is 0 Å². The fraction of sp³-hybridized carbons (Fsp3) is 0.267. The van der Waals surface area contributed by atoms with Crippen molar-refractivity contribution in [1.82, 2.24) is 4.98 Å². The van der Waals surface area contributed by atoms with Crippen molar-refractivity contribution in [3.63, 3.8) is 0 Å². The summed E-state index contributed by atoms with van der Waals surface area (Å²) in [5.74, 6) is 0.979. The number of nitrogens with two attached hydrogens (primary N) is 1. The number of hydrogen-bond donors (Lipinski definition) is 1. The van der Waals surface area contributed by atoms with Gasteiger partial charge in [-0.15, -0.1) is 0 Å². The van der Waals surface area contributed by atoms with E-state index < -0.39 is 0 Å². The van der Waals surface area contributed by atoms with Gasteiger partial charge in [0.25, 0.3) is 0 Å². The van der Waals surface area contributed by atoms with E-state index in [1.807, 2.05) is 6.07 Å². The summed E-state index contributed by atoms with van der Waals surface area (Å²) in [5.41, 5.74) is 7.71. The molecule has 0 amide bonds. The molecule has 0 atom stereocenters. The lowest BCUT2D eigenvalue weighted by Crippen LogP contribution is -2.47. The first-order valence-corrected chi connectivity index (χ1v) is 7.49. The number of halogens is 1. The van der Waals surface area contributed by atoms with Gasteiger partial charge < -0.3 is 15.5 Å². The number of rotatable bonds is 2. The topological polar surface area (TPSA) is 45.4 Å². The van der Waals surface area contributed by atoms with Crippen molar-refractivity contribution in [2.24, 2.45) is 0 Å². The Balaban J connectivity index is 1.69. The molecule has 0 radical (unpaired) electrons. The molecule has 1 aliphatic heterocycles. The summed E-state index contributed by atoms with van der Waals surface area (Å²) in [7, 11) is 0. The van der Waals surface area contributed by atoms with Crippen LogP contribution < -0.4 is 15.5 Å². The minimum Gasteiger partial charge on any atom is -0.397 e. The van der Waals surface area contributed by atoms with E-state index in [0.29, 0.717) is 5.69 Å². The number of anilines is 3. The van der Waals surface area contributed by atoms with Crippen LogP contribution in [-0.2, 0) is 0 Å². The predicted octanol–water partition coefficient (Wildman–Crippen LogP) is 2.75. The van der Waals surface area contributed by atoms with E-state index in [0.717, 1.165) is 36.5 Å². The van der Waals surface area contributed by atoms with Crippen LogP contribution in [0.25, 0.3) is 0 Å². The van der Waals surface area contributed by atoms with Gasteiger partial charge in [-0.1, -0.05) is 18.2 Å². The molecule has 4 nitrogen and oxygen atoms in total. The second kappa shape index (κ2) is 5.71. The molecule has 0 saturated carbocycles. The van der Waals surface area contributed by atoms with Crippen molar-refractivity contribution < 1.29 is 0 Å². The minimum absolute atomic E-state index is 0.684. The van der Waals surface area contributed by atoms with Gasteiger partial charge in [-0.25, -0.2) is 4.98 Å². The maximum atomic E-state index is 5.74. The van der Waals surface area contributed by atoms with Crippen molar-refractivity contribution in [3.05, 3.63) is 47.1 Å². The Morgan fingerprint density at radius 2 is 1.65 bits per heavy atom. The number of nitrogen functional groups attached to an aromatic ring is 1. The van der Waals surface area contributed by atoms with Crippen molar-refractivity contribution in [2.45, 2.75) is 0 Å². The Morgan fingerprint density at radius 3 is 2.30 bits per heavy atom. The molecule has 5 heteroatoms. The maximum Gasteiger partial charge on any atom is 0.143 e. The number of benzene rings is 1. The Kier molecular flexibility index (Phi) is 3.78. The van der Waals surface area contributed by atoms with E-state index in [2.05, 4.69) is 61.0 Å². The smallest absolute Gasteiger partial charge is 0.143 e. The molecule has 0 bridgehead atoms. The highest BCUT2D eigenvalue weighted by Gasteiger charge is 2.19. The number of aromatic nitrogens is 1. The van der Waals surface area contributed by atoms with Gasteiger partial charge in [-0.05, 0) is 34.1 Å². The number of nitrogens with zero attached hydrogens (tertiary/aromatic N) is 3. The van der Waals surface area contributed by atoms with E-state index in [1.165, 1.54) is 5.69 Å². The second-order valence-corrected chi connectivity index (χ2v) is 5.74. The molecular weight excluding hydrogens is 316 g/mol. The van der Waals surface area contributed by atoms with Crippen LogP contribution in [0.4, 0.5) is 17.2 Å². The van der Waals surface area contributed by atoms with E-state index in [4.69, 9.17) is 5.73 Å².